The number of hydrogen-bond acceptors (Lipinski definition) is 2. The van der Waals surface area contributed by atoms with E-state index in [0.717, 1.165) is 6.54 Å². The Kier molecular flexibility index (Phi) is 5.22. The van der Waals surface area contributed by atoms with Gasteiger partial charge in [0.25, 0.3) is 0 Å². The summed E-state index contributed by atoms with van der Waals surface area (Å²) >= 11 is 0. The minimum absolute atomic E-state index is 0.208. The van der Waals surface area contributed by atoms with Crippen molar-refractivity contribution in [2.24, 2.45) is 5.73 Å². The van der Waals surface area contributed by atoms with Crippen LogP contribution in [-0.2, 0) is 5.41 Å². The summed E-state index contributed by atoms with van der Waals surface area (Å²) in [5.41, 5.74) is 9.24. The monoisotopic (exact) mass is 274 g/mol. The molecule has 1 aromatic carbocycles. The van der Waals surface area contributed by atoms with Crippen molar-refractivity contribution in [1.82, 2.24) is 4.90 Å². The Balaban J connectivity index is 2.12. The van der Waals surface area contributed by atoms with E-state index in [2.05, 4.69) is 49.9 Å². The van der Waals surface area contributed by atoms with Crippen LogP contribution in [0.2, 0.25) is 0 Å². The topological polar surface area (TPSA) is 29.3 Å². The summed E-state index contributed by atoms with van der Waals surface area (Å²) in [5.74, 6) is 0.601. The van der Waals surface area contributed by atoms with E-state index in [1.165, 1.54) is 50.0 Å². The van der Waals surface area contributed by atoms with Gasteiger partial charge in [-0.1, -0.05) is 45.0 Å². The van der Waals surface area contributed by atoms with Gasteiger partial charge in [0.15, 0.2) is 0 Å². The quantitative estimate of drug-likeness (QED) is 0.890. The van der Waals surface area contributed by atoms with Gasteiger partial charge in [0.05, 0.1) is 0 Å². The van der Waals surface area contributed by atoms with Gasteiger partial charge in [0.1, 0.15) is 0 Å². The highest BCUT2D eigenvalue weighted by Crippen LogP contribution is 2.35. The minimum Gasteiger partial charge on any atom is -0.330 e. The Bertz CT molecular complexity index is 400. The third-order valence-corrected chi connectivity index (χ3v) is 4.93. The van der Waals surface area contributed by atoms with Crippen LogP contribution < -0.4 is 5.73 Å². The molecule has 1 fully saturated rings. The van der Waals surface area contributed by atoms with Crippen molar-refractivity contribution in [2.45, 2.75) is 51.4 Å². The van der Waals surface area contributed by atoms with Gasteiger partial charge in [-0.05, 0) is 55.9 Å². The van der Waals surface area contributed by atoms with Crippen LogP contribution in [0.4, 0.5) is 0 Å². The SMILES string of the molecule is CCCN1CCC(CN)(c2ccc(C(C)C)cc2)CC1. The lowest BCUT2D eigenvalue weighted by Gasteiger charge is -2.41. The van der Waals surface area contributed by atoms with Crippen molar-refractivity contribution in [3.63, 3.8) is 0 Å². The highest BCUT2D eigenvalue weighted by atomic mass is 15.1. The number of hydrogen-bond donors (Lipinski definition) is 1. The second kappa shape index (κ2) is 6.73. The molecule has 0 bridgehead atoms. The lowest BCUT2D eigenvalue weighted by atomic mass is 9.72. The van der Waals surface area contributed by atoms with Crippen LogP contribution in [0.3, 0.4) is 0 Å². The zero-order valence-corrected chi connectivity index (χ0v) is 13.4. The molecule has 1 heterocycles. The lowest BCUT2D eigenvalue weighted by Crippen LogP contribution is -2.46. The largest absolute Gasteiger partial charge is 0.330 e. The molecule has 1 aliphatic heterocycles. The average molecular weight is 274 g/mol. The first-order valence-corrected chi connectivity index (χ1v) is 8.14. The van der Waals surface area contributed by atoms with Gasteiger partial charge in [-0.3, -0.25) is 0 Å². The molecule has 0 aliphatic carbocycles. The first kappa shape index (κ1) is 15.5. The standard InChI is InChI=1S/C18H30N2/c1-4-11-20-12-9-18(14-19,10-13-20)17-7-5-16(6-8-17)15(2)3/h5-8,15H,4,9-14,19H2,1-3H3. The molecule has 1 aromatic rings. The van der Waals surface area contributed by atoms with E-state index in [1.54, 1.807) is 0 Å². The Morgan fingerprint density at radius 3 is 2.20 bits per heavy atom. The number of rotatable bonds is 5. The third kappa shape index (κ3) is 3.24. The predicted molar refractivity (Wildman–Crippen MR) is 87.2 cm³/mol. The number of benzene rings is 1. The van der Waals surface area contributed by atoms with Gasteiger partial charge in [0, 0.05) is 12.0 Å². The highest BCUT2D eigenvalue weighted by Gasteiger charge is 2.34. The lowest BCUT2D eigenvalue weighted by molar-refractivity contribution is 0.162. The Labute approximate surface area is 124 Å². The molecule has 0 aromatic heterocycles. The Morgan fingerprint density at radius 2 is 1.75 bits per heavy atom. The molecule has 20 heavy (non-hydrogen) atoms. The number of nitrogens with zero attached hydrogens (tertiary/aromatic N) is 1. The molecule has 0 amide bonds. The minimum atomic E-state index is 0.208. The van der Waals surface area contributed by atoms with Crippen LogP contribution in [0, 0.1) is 0 Å². The summed E-state index contributed by atoms with van der Waals surface area (Å²) in [4.78, 5) is 2.58. The number of likely N-dealkylation sites (tertiary alicyclic amines) is 1. The average Bonchev–Trinajstić information content (AvgIpc) is 2.49. The molecule has 1 aliphatic rings. The second-order valence-electron chi connectivity index (χ2n) is 6.60. The molecule has 2 rings (SSSR count). The van der Waals surface area contributed by atoms with E-state index in [1.807, 2.05) is 0 Å². The second-order valence-corrected chi connectivity index (χ2v) is 6.60. The van der Waals surface area contributed by atoms with Crippen molar-refractivity contribution >= 4 is 0 Å². The fourth-order valence-electron chi connectivity index (χ4n) is 3.35. The summed E-state index contributed by atoms with van der Waals surface area (Å²) in [5, 5.41) is 0. The van der Waals surface area contributed by atoms with Gasteiger partial charge in [-0.15, -0.1) is 0 Å². The van der Waals surface area contributed by atoms with Gasteiger partial charge in [-0.25, -0.2) is 0 Å². The van der Waals surface area contributed by atoms with Crippen LogP contribution in [0.5, 0.6) is 0 Å². The molecular formula is C18H30N2. The summed E-state index contributed by atoms with van der Waals surface area (Å²) in [7, 11) is 0. The van der Waals surface area contributed by atoms with E-state index in [0.29, 0.717) is 5.92 Å². The van der Waals surface area contributed by atoms with Crippen LogP contribution in [0.1, 0.15) is 57.1 Å². The predicted octanol–water partition coefficient (Wildman–Crippen LogP) is 3.51. The Morgan fingerprint density at radius 1 is 1.15 bits per heavy atom. The Hall–Kier alpha value is -0.860. The summed E-state index contributed by atoms with van der Waals surface area (Å²) in [6, 6.07) is 9.21. The summed E-state index contributed by atoms with van der Waals surface area (Å²) in [6.45, 7) is 11.1. The molecule has 1 saturated heterocycles. The molecular weight excluding hydrogens is 244 g/mol. The van der Waals surface area contributed by atoms with Crippen LogP contribution in [0.15, 0.2) is 24.3 Å². The third-order valence-electron chi connectivity index (χ3n) is 4.93. The molecule has 2 N–H and O–H groups in total. The number of nitrogens with two attached hydrogens (primary N) is 1. The van der Waals surface area contributed by atoms with Gasteiger partial charge >= 0.3 is 0 Å². The van der Waals surface area contributed by atoms with Crippen molar-refractivity contribution in [2.75, 3.05) is 26.2 Å². The van der Waals surface area contributed by atoms with Crippen molar-refractivity contribution < 1.29 is 0 Å². The van der Waals surface area contributed by atoms with Crippen LogP contribution in [0.25, 0.3) is 0 Å². The summed E-state index contributed by atoms with van der Waals surface area (Å²) in [6.07, 6.45) is 3.65. The molecule has 0 saturated carbocycles. The maximum Gasteiger partial charge on any atom is 0.00998 e. The van der Waals surface area contributed by atoms with E-state index >= 15 is 0 Å². The fraction of sp³-hybridized carbons (Fsp3) is 0.667. The van der Waals surface area contributed by atoms with Crippen LogP contribution >= 0.6 is 0 Å². The number of piperidine rings is 1. The van der Waals surface area contributed by atoms with Crippen molar-refractivity contribution in [3.05, 3.63) is 35.4 Å². The zero-order chi connectivity index (χ0) is 14.6. The zero-order valence-electron chi connectivity index (χ0n) is 13.4. The van der Waals surface area contributed by atoms with Gasteiger partial charge < -0.3 is 10.6 Å². The van der Waals surface area contributed by atoms with E-state index in [4.69, 9.17) is 5.73 Å². The van der Waals surface area contributed by atoms with Crippen LogP contribution in [-0.4, -0.2) is 31.1 Å². The molecule has 2 heteroatoms. The molecule has 112 valence electrons. The smallest absolute Gasteiger partial charge is 0.00998 e. The first-order chi connectivity index (χ1) is 9.61. The van der Waals surface area contributed by atoms with Gasteiger partial charge in [0.2, 0.25) is 0 Å². The highest BCUT2D eigenvalue weighted by molar-refractivity contribution is 5.31. The molecule has 0 spiro atoms. The van der Waals surface area contributed by atoms with Crippen molar-refractivity contribution in [3.8, 4) is 0 Å². The van der Waals surface area contributed by atoms with E-state index in [9.17, 15) is 0 Å². The normalized spacial score (nSPS) is 19.4. The molecule has 0 radical (unpaired) electrons. The first-order valence-electron chi connectivity index (χ1n) is 8.14. The fourth-order valence-corrected chi connectivity index (χ4v) is 3.35. The van der Waals surface area contributed by atoms with Crippen molar-refractivity contribution in [1.29, 1.82) is 0 Å². The molecule has 0 atom stereocenters. The molecule has 2 nitrogen and oxygen atoms in total. The maximum atomic E-state index is 6.17. The van der Waals surface area contributed by atoms with Gasteiger partial charge in [-0.2, -0.15) is 0 Å². The summed E-state index contributed by atoms with van der Waals surface area (Å²) < 4.78 is 0. The van der Waals surface area contributed by atoms with E-state index in [-0.39, 0.29) is 5.41 Å². The van der Waals surface area contributed by atoms with E-state index < -0.39 is 0 Å². The molecule has 0 unspecified atom stereocenters. The maximum absolute atomic E-state index is 6.17.